The highest BCUT2D eigenvalue weighted by Crippen LogP contribution is 2.34. The Hall–Kier alpha value is -6.84. The number of carbonyl (C=O) groups is 12. The van der Waals surface area contributed by atoms with E-state index in [1.807, 2.05) is 34.6 Å². The van der Waals surface area contributed by atoms with E-state index in [0.717, 1.165) is 49.8 Å². The Labute approximate surface area is 565 Å². The summed E-state index contributed by atoms with van der Waals surface area (Å²) in [6, 6.07) is -9.67. The molecule has 2 unspecified atom stereocenters. The Morgan fingerprint density at radius 1 is 0.611 bits per heavy atom. The van der Waals surface area contributed by atoms with Crippen LogP contribution in [0.15, 0.2) is 0 Å². The topological polar surface area (TPSA) is 288 Å². The van der Waals surface area contributed by atoms with Gasteiger partial charge in [0.15, 0.2) is 0 Å². The van der Waals surface area contributed by atoms with Crippen molar-refractivity contribution in [2.45, 2.75) is 244 Å². The monoisotopic (exact) mass is 1330 g/mol. The van der Waals surface area contributed by atoms with Gasteiger partial charge in [-0.1, -0.05) is 74.1 Å². The summed E-state index contributed by atoms with van der Waals surface area (Å²) >= 11 is 0. The van der Waals surface area contributed by atoms with Gasteiger partial charge in [-0.2, -0.15) is 0 Å². The van der Waals surface area contributed by atoms with Gasteiger partial charge in [0.05, 0.1) is 25.6 Å². The van der Waals surface area contributed by atoms with Crippen molar-refractivity contribution in [2.75, 3.05) is 82.1 Å². The second-order valence-electron chi connectivity index (χ2n) is 29.5. The van der Waals surface area contributed by atoms with Gasteiger partial charge < -0.3 is 65.2 Å². The molecule has 11 atom stereocenters. The maximum absolute atomic E-state index is 15.1. The van der Waals surface area contributed by atoms with Gasteiger partial charge in [0, 0.05) is 75.5 Å². The van der Waals surface area contributed by atoms with Gasteiger partial charge >= 0.3 is 0 Å². The number of ether oxygens (including phenoxy) is 1. The summed E-state index contributed by atoms with van der Waals surface area (Å²) in [5, 5.41) is 11.5. The summed E-state index contributed by atoms with van der Waals surface area (Å²) in [7, 11) is 10.3. The van der Waals surface area contributed by atoms with E-state index in [0.29, 0.717) is 51.1 Å². The van der Waals surface area contributed by atoms with E-state index in [1.54, 1.807) is 18.9 Å². The van der Waals surface area contributed by atoms with E-state index in [4.69, 9.17) is 11.2 Å². The first kappa shape index (κ1) is 78.9. The van der Waals surface area contributed by atoms with Crippen molar-refractivity contribution in [3.05, 3.63) is 0 Å². The highest BCUT2D eigenvalue weighted by Gasteiger charge is 2.47. The fourth-order valence-electron chi connectivity index (χ4n) is 14.1. The first-order valence-corrected chi connectivity index (χ1v) is 35.0. The van der Waals surface area contributed by atoms with Crippen LogP contribution in [0.1, 0.15) is 184 Å². The summed E-state index contributed by atoms with van der Waals surface area (Å²) < 4.78 is 5.64. The van der Waals surface area contributed by atoms with Crippen molar-refractivity contribution < 1.29 is 62.3 Å². The molecule has 25 heteroatoms. The van der Waals surface area contributed by atoms with Crippen LogP contribution in [0.25, 0.3) is 0 Å². The molecular weight excluding hydrogens is 1220 g/mol. The van der Waals surface area contributed by atoms with Gasteiger partial charge in [-0.05, 0) is 133 Å². The maximum atomic E-state index is 15.1. The smallest absolute Gasteiger partial charge is 0.246 e. The number of likely N-dealkylation sites (N-methyl/N-ethyl adjacent to an activating group) is 6. The van der Waals surface area contributed by atoms with Crippen LogP contribution in [0.5, 0.6) is 0 Å². The van der Waals surface area contributed by atoms with Crippen LogP contribution in [0.2, 0.25) is 0 Å². The van der Waals surface area contributed by atoms with Crippen molar-refractivity contribution in [1.82, 2.24) is 60.5 Å². The molecule has 3 heterocycles. The zero-order valence-electron chi connectivity index (χ0n) is 60.1. The summed E-state index contributed by atoms with van der Waals surface area (Å²) in [6.45, 7) is 16.2. The Morgan fingerprint density at radius 3 is 1.81 bits per heavy atom. The highest BCUT2D eigenvalue weighted by molar-refractivity contribution is 6.00. The molecule has 0 radical (unpaired) electrons. The highest BCUT2D eigenvalue weighted by atomic mass is 16.5. The molecule has 12 amide bonds. The summed E-state index contributed by atoms with van der Waals surface area (Å²) in [5.41, 5.74) is -1.72. The van der Waals surface area contributed by atoms with Gasteiger partial charge in [0.25, 0.3) is 0 Å². The number of likely N-dealkylation sites (tertiary alicyclic amines) is 1. The number of nitrogens with zero attached hydrogens (tertiary/aromatic N) is 8. The molecule has 5 fully saturated rings. The largest absolute Gasteiger partial charge is 0.381 e. The summed E-state index contributed by atoms with van der Waals surface area (Å²) in [4.78, 5) is 187. The molecule has 0 aromatic heterocycles. The Bertz CT molecular complexity index is 2760. The fourth-order valence-corrected chi connectivity index (χ4v) is 14.1. The molecule has 4 N–H and O–H groups in total. The predicted molar refractivity (Wildman–Crippen MR) is 360 cm³/mol. The number of methoxy groups -OCH3 is 1. The molecule has 3 aliphatic heterocycles. The number of hydrogen-bond donors (Lipinski definition) is 4. The summed E-state index contributed by atoms with van der Waals surface area (Å²) in [5.74, 6) is -5.54. The average molecular weight is 1330 g/mol. The molecule has 95 heavy (non-hydrogen) atoms. The number of piperidine rings is 1. The minimum Gasteiger partial charge on any atom is -0.381 e. The summed E-state index contributed by atoms with van der Waals surface area (Å²) in [6.07, 6.45) is 15.1. The van der Waals surface area contributed by atoms with Gasteiger partial charge in [0.2, 0.25) is 70.9 Å². The second-order valence-corrected chi connectivity index (χ2v) is 29.5. The third-order valence-electron chi connectivity index (χ3n) is 20.9. The number of carbonyl (C=O) groups excluding carboxylic acids is 12. The lowest BCUT2D eigenvalue weighted by molar-refractivity contribution is -0.158. The number of rotatable bonds is 13. The van der Waals surface area contributed by atoms with Crippen LogP contribution in [0, 0.1) is 47.9 Å². The van der Waals surface area contributed by atoms with E-state index >= 15 is 4.79 Å². The number of hydrogen-bond acceptors (Lipinski definition) is 13. The Kier molecular flexibility index (Phi) is 29.8. The van der Waals surface area contributed by atoms with E-state index in [9.17, 15) is 52.7 Å². The zero-order valence-corrected chi connectivity index (χ0v) is 60.1. The number of nitrogens with one attached hydrogen (secondary N) is 4. The lowest BCUT2D eigenvalue weighted by atomic mass is 9.79. The van der Waals surface area contributed by atoms with E-state index in [-0.39, 0.29) is 74.8 Å². The number of amides is 12. The second kappa shape index (κ2) is 35.9. The fraction of sp³-hybridized carbons (Fsp3) is 0.800. The van der Waals surface area contributed by atoms with Gasteiger partial charge in [0.1, 0.15) is 53.9 Å². The molecule has 534 valence electrons. The van der Waals surface area contributed by atoms with Crippen LogP contribution >= 0.6 is 0 Å². The van der Waals surface area contributed by atoms with Gasteiger partial charge in [-0.15, -0.1) is 12.3 Å². The zero-order chi connectivity index (χ0) is 70.9. The third-order valence-corrected chi connectivity index (χ3v) is 20.9. The molecule has 2 aliphatic carbocycles. The van der Waals surface area contributed by atoms with Crippen molar-refractivity contribution in [3.8, 4) is 12.3 Å². The first-order valence-electron chi connectivity index (χ1n) is 35.0. The first-order chi connectivity index (χ1) is 44.7. The standard InChI is InChI=1S/C70H116N12O13/c1-18-24-50-64(89)80(16)70(9,10)69(94)73-52(35-43(3)4)63(88)78(14)56(67(92)81-32-21-20-22-33-81)40-58(84)77(13)54(36-44(5)6)62(87)74-60(46(8)19-2)68(93)76(12)42-59(85)82-34-31-53(82)66(91)79(15)55(39-47-27-29-49(95-17)30-28-47)65(90)75(11)41-57(83)71-51(61(86)72-50)38-48-26-23-25-45(7)37-48/h1,43-56,60H,19-42H2,2-17H3,(H,71,83)(H,72,86)(H,73,94)(H,74,87)/t45?,46-,47?,48?,49?,50-,51-,52-,53-,54-,55-,56-,60-/m0/s1. The lowest BCUT2D eigenvalue weighted by Crippen LogP contribution is -2.64. The van der Waals surface area contributed by atoms with Crippen LogP contribution < -0.4 is 21.3 Å². The van der Waals surface area contributed by atoms with Crippen LogP contribution in [0.3, 0.4) is 0 Å². The SMILES string of the molecule is C#CC[C@@H]1NC(=O)[C@H](CC2CCCC(C)C2)NC(=O)CN(C)C(=O)[C@H](CC2CCC(OC)CC2)N(C)C(=O)[C@@H]2CCN2C(=O)CN(C)C(=O)[C@H]([C@@H](C)CC)NC(=O)[C@H](CC(C)C)N(C)C(=O)C[C@@H](C(=O)N2CCCCC2)N(C)C(=O)[C@H](CC(C)C)NC(=O)C(C)(C)N(C)C1=O. The molecule has 0 spiro atoms. The van der Waals surface area contributed by atoms with Crippen molar-refractivity contribution in [2.24, 2.45) is 35.5 Å². The minimum absolute atomic E-state index is 0.00178. The van der Waals surface area contributed by atoms with Crippen LogP contribution in [-0.4, -0.2) is 252 Å². The molecule has 5 rings (SSSR count). The predicted octanol–water partition coefficient (Wildman–Crippen LogP) is 3.55. The average Bonchev–Trinajstić information content (AvgIpc) is 0.804. The maximum Gasteiger partial charge on any atom is 0.246 e. The molecule has 0 aromatic rings. The molecule has 0 aromatic carbocycles. The quantitative estimate of drug-likeness (QED) is 0.192. The molecule has 5 aliphatic rings. The molecular formula is C70H116N12O13. The number of fused-ring (bicyclic) bond motifs is 1. The van der Waals surface area contributed by atoms with E-state index in [1.165, 1.54) is 85.5 Å². The van der Waals surface area contributed by atoms with E-state index < -0.39 is 150 Å². The van der Waals surface area contributed by atoms with Crippen molar-refractivity contribution in [1.29, 1.82) is 0 Å². The minimum atomic E-state index is -1.72. The van der Waals surface area contributed by atoms with Crippen LogP contribution in [0.4, 0.5) is 0 Å². The van der Waals surface area contributed by atoms with Crippen molar-refractivity contribution in [3.63, 3.8) is 0 Å². The van der Waals surface area contributed by atoms with Crippen LogP contribution in [-0.2, 0) is 62.3 Å². The number of terminal acetylenes is 1. The molecule has 25 nitrogen and oxygen atoms in total. The Balaban J connectivity index is 1.59. The molecule has 3 saturated heterocycles. The van der Waals surface area contributed by atoms with Gasteiger partial charge in [-0.3, -0.25) is 57.5 Å². The normalized spacial score (nSPS) is 30.1. The van der Waals surface area contributed by atoms with Crippen molar-refractivity contribution >= 4 is 70.9 Å². The molecule has 0 bridgehead atoms. The Morgan fingerprint density at radius 2 is 1.24 bits per heavy atom. The van der Waals surface area contributed by atoms with Gasteiger partial charge in [-0.25, -0.2) is 0 Å². The third kappa shape index (κ3) is 21.1. The molecule has 2 saturated carbocycles. The lowest BCUT2D eigenvalue weighted by Gasteiger charge is -2.44. The van der Waals surface area contributed by atoms with E-state index in [2.05, 4.69) is 34.1 Å².